The molecule has 2 aromatic carbocycles. The Morgan fingerprint density at radius 3 is 2.57 bits per heavy atom. The van der Waals surface area contributed by atoms with Crippen molar-refractivity contribution in [3.05, 3.63) is 66.5 Å². The number of rotatable bonds is 10. The molecule has 0 aliphatic heterocycles. The Morgan fingerprint density at radius 1 is 1.00 bits per heavy atom. The molecule has 2 amide bonds. The molecule has 2 N–H and O–H groups in total. The van der Waals surface area contributed by atoms with E-state index in [0.717, 1.165) is 39.0 Å². The van der Waals surface area contributed by atoms with Crippen LogP contribution in [0.2, 0.25) is 0 Å². The number of benzene rings is 2. The average Bonchev–Trinajstić information content (AvgIpc) is 3.34. The Bertz CT molecular complexity index is 1410. The molecule has 0 saturated heterocycles. The molecule has 2 heterocycles. The minimum Gasteiger partial charge on any atom is -0.496 e. The second kappa shape index (κ2) is 11.7. The van der Waals surface area contributed by atoms with E-state index in [1.165, 1.54) is 4.90 Å². The number of methoxy groups -OCH3 is 2. The molecule has 0 spiro atoms. The summed E-state index contributed by atoms with van der Waals surface area (Å²) >= 11 is 0. The van der Waals surface area contributed by atoms with Crippen LogP contribution in [0.5, 0.6) is 5.75 Å². The molecule has 4 rings (SSSR count). The zero-order valence-electron chi connectivity index (χ0n) is 21.3. The monoisotopic (exact) mass is 502 g/mol. The lowest BCUT2D eigenvalue weighted by Crippen LogP contribution is -2.25. The van der Waals surface area contributed by atoms with Gasteiger partial charge in [-0.2, -0.15) is 0 Å². The van der Waals surface area contributed by atoms with Crippen LogP contribution in [0.15, 0.2) is 60.9 Å². The van der Waals surface area contributed by atoms with E-state index in [1.54, 1.807) is 46.6 Å². The molecule has 0 bridgehead atoms. The van der Waals surface area contributed by atoms with E-state index in [0.29, 0.717) is 24.5 Å². The molecule has 9 nitrogen and oxygen atoms in total. The summed E-state index contributed by atoms with van der Waals surface area (Å²) in [6, 6.07) is 15.2. The molecular weight excluding hydrogens is 472 g/mol. The number of carbonyl (C=O) groups is 2. The van der Waals surface area contributed by atoms with Gasteiger partial charge in [0.05, 0.1) is 31.6 Å². The average molecular weight is 503 g/mol. The van der Waals surface area contributed by atoms with Gasteiger partial charge >= 0.3 is 0 Å². The van der Waals surface area contributed by atoms with Gasteiger partial charge in [-0.05, 0) is 29.8 Å². The molecular formula is C28H30N4O5. The number of nitrogens with zero attached hydrogens (tertiary/aromatic N) is 2. The maximum Gasteiger partial charge on any atom is 0.255 e. The second-order valence-corrected chi connectivity index (χ2v) is 8.58. The first kappa shape index (κ1) is 25.9. The van der Waals surface area contributed by atoms with Crippen LogP contribution < -0.4 is 10.1 Å². The number of aromatic amines is 1. The van der Waals surface area contributed by atoms with Gasteiger partial charge < -0.3 is 29.4 Å². The second-order valence-electron chi connectivity index (χ2n) is 8.58. The Kier molecular flexibility index (Phi) is 8.17. The zero-order chi connectivity index (χ0) is 26.4. The molecule has 0 aliphatic rings. The van der Waals surface area contributed by atoms with Gasteiger partial charge in [-0.15, -0.1) is 0 Å². The number of hydrogen-bond acceptors (Lipinski definition) is 6. The van der Waals surface area contributed by atoms with Gasteiger partial charge in [0, 0.05) is 55.7 Å². The van der Waals surface area contributed by atoms with Gasteiger partial charge in [0.2, 0.25) is 5.91 Å². The summed E-state index contributed by atoms with van der Waals surface area (Å²) in [6.45, 7) is 0.558. The van der Waals surface area contributed by atoms with Crippen molar-refractivity contribution in [3.63, 3.8) is 0 Å². The van der Waals surface area contributed by atoms with Crippen LogP contribution in [-0.4, -0.2) is 74.8 Å². The molecule has 0 radical (unpaired) electrons. The molecule has 0 unspecified atom stereocenters. The normalized spacial score (nSPS) is 10.9. The number of nitrogens with one attached hydrogen (secondary N) is 2. The number of amides is 2. The van der Waals surface area contributed by atoms with Crippen LogP contribution in [-0.2, 0) is 14.3 Å². The van der Waals surface area contributed by atoms with Crippen molar-refractivity contribution < 1.29 is 23.8 Å². The first-order chi connectivity index (χ1) is 17.9. The summed E-state index contributed by atoms with van der Waals surface area (Å²) in [5.74, 6) is 0.176. The third kappa shape index (κ3) is 5.79. The van der Waals surface area contributed by atoms with Crippen LogP contribution in [0.3, 0.4) is 0 Å². The summed E-state index contributed by atoms with van der Waals surface area (Å²) in [6.07, 6.45) is 3.67. The van der Waals surface area contributed by atoms with Crippen LogP contribution in [0.1, 0.15) is 10.4 Å². The van der Waals surface area contributed by atoms with E-state index < -0.39 is 0 Å². The quantitative estimate of drug-likeness (QED) is 0.315. The minimum atomic E-state index is -0.353. The third-order valence-electron chi connectivity index (χ3n) is 5.86. The lowest BCUT2D eigenvalue weighted by atomic mass is 9.99. The van der Waals surface area contributed by atoms with Gasteiger partial charge in [0.1, 0.15) is 18.0 Å². The lowest BCUT2D eigenvalue weighted by Gasteiger charge is -2.16. The van der Waals surface area contributed by atoms with Crippen molar-refractivity contribution in [2.24, 2.45) is 0 Å². The molecule has 0 fully saturated rings. The number of H-pyrrole nitrogens is 1. The summed E-state index contributed by atoms with van der Waals surface area (Å²) in [5.41, 5.74) is 5.05. The third-order valence-corrected chi connectivity index (χ3v) is 5.86. The molecule has 37 heavy (non-hydrogen) atoms. The van der Waals surface area contributed by atoms with Crippen molar-refractivity contribution in [3.8, 4) is 28.0 Å². The molecule has 4 aromatic rings. The molecule has 9 heteroatoms. The van der Waals surface area contributed by atoms with Crippen molar-refractivity contribution in [1.29, 1.82) is 0 Å². The number of carbonyl (C=O) groups excluding carboxylic acids is 2. The lowest BCUT2D eigenvalue weighted by molar-refractivity contribution is -0.121. The summed E-state index contributed by atoms with van der Waals surface area (Å²) < 4.78 is 15.8. The fourth-order valence-corrected chi connectivity index (χ4v) is 4.00. The van der Waals surface area contributed by atoms with Gasteiger partial charge in [-0.1, -0.05) is 24.3 Å². The van der Waals surface area contributed by atoms with E-state index in [-0.39, 0.29) is 18.4 Å². The number of aromatic nitrogens is 2. The Labute approximate surface area is 215 Å². The van der Waals surface area contributed by atoms with E-state index in [4.69, 9.17) is 14.2 Å². The highest BCUT2D eigenvalue weighted by molar-refractivity contribution is 6.05. The highest BCUT2D eigenvalue weighted by atomic mass is 16.5. The van der Waals surface area contributed by atoms with Gasteiger partial charge in [-0.25, -0.2) is 4.98 Å². The van der Waals surface area contributed by atoms with Crippen molar-refractivity contribution in [2.45, 2.75) is 0 Å². The van der Waals surface area contributed by atoms with E-state index in [2.05, 4.69) is 15.3 Å². The first-order valence-electron chi connectivity index (χ1n) is 11.8. The fraction of sp³-hybridized carbons (Fsp3) is 0.250. The molecule has 0 atom stereocenters. The van der Waals surface area contributed by atoms with E-state index in [9.17, 15) is 9.59 Å². The topological polar surface area (TPSA) is 106 Å². The summed E-state index contributed by atoms with van der Waals surface area (Å²) in [7, 11) is 6.54. The van der Waals surface area contributed by atoms with Gasteiger partial charge in [-0.3, -0.25) is 9.59 Å². The number of pyridine rings is 1. The summed E-state index contributed by atoms with van der Waals surface area (Å²) in [4.78, 5) is 34.7. The zero-order valence-corrected chi connectivity index (χ0v) is 21.3. The van der Waals surface area contributed by atoms with Crippen molar-refractivity contribution >= 4 is 28.5 Å². The van der Waals surface area contributed by atoms with Gasteiger partial charge in [0.15, 0.2) is 0 Å². The fourth-order valence-electron chi connectivity index (χ4n) is 4.00. The number of ether oxygens (including phenoxy) is 3. The molecule has 192 valence electrons. The molecule has 0 saturated carbocycles. The van der Waals surface area contributed by atoms with Crippen molar-refractivity contribution in [2.75, 3.05) is 53.5 Å². The minimum absolute atomic E-state index is 0.138. The Morgan fingerprint density at radius 2 is 1.81 bits per heavy atom. The van der Waals surface area contributed by atoms with Crippen molar-refractivity contribution in [1.82, 2.24) is 14.9 Å². The molecule has 2 aromatic heterocycles. The predicted octanol–water partition coefficient (Wildman–Crippen LogP) is 4.21. The SMILES string of the molecule is COCCOCC(=O)Nc1ccc(-c2cnc3[nH]cc(-c4ccccc4OC)c3c2)cc1C(=O)N(C)C. The van der Waals surface area contributed by atoms with E-state index >= 15 is 0 Å². The number of hydrogen-bond donors (Lipinski definition) is 2. The number of anilines is 1. The smallest absolute Gasteiger partial charge is 0.255 e. The highest BCUT2D eigenvalue weighted by Gasteiger charge is 2.18. The summed E-state index contributed by atoms with van der Waals surface area (Å²) in [5, 5.41) is 3.71. The standard InChI is InChI=1S/C28H30N4O5/c1-32(2)28(34)22-13-18(9-10-24(22)31-26(33)17-37-12-11-35-3)19-14-21-23(16-30-27(21)29-15-19)20-7-5-6-8-25(20)36-4/h5-10,13-16H,11-12,17H2,1-4H3,(H,29,30)(H,31,33). The maximum absolute atomic E-state index is 13.0. The highest BCUT2D eigenvalue weighted by Crippen LogP contribution is 2.36. The van der Waals surface area contributed by atoms with Crippen LogP contribution >= 0.6 is 0 Å². The largest absolute Gasteiger partial charge is 0.496 e. The number of fused-ring (bicyclic) bond motifs is 1. The van der Waals surface area contributed by atoms with Crippen LogP contribution in [0, 0.1) is 0 Å². The number of para-hydroxylation sites is 1. The maximum atomic E-state index is 13.0. The Hall–Kier alpha value is -4.21. The van der Waals surface area contributed by atoms with Crippen LogP contribution in [0.25, 0.3) is 33.3 Å². The molecule has 0 aliphatic carbocycles. The Balaban J connectivity index is 1.69. The predicted molar refractivity (Wildman–Crippen MR) is 143 cm³/mol. The first-order valence-corrected chi connectivity index (χ1v) is 11.8. The van der Waals surface area contributed by atoms with E-state index in [1.807, 2.05) is 42.6 Å². The van der Waals surface area contributed by atoms with Crippen LogP contribution in [0.4, 0.5) is 5.69 Å². The van der Waals surface area contributed by atoms with Gasteiger partial charge in [0.25, 0.3) is 5.91 Å².